The standard InChI is InChI=1S/C51H89NO5/c1-4-7-10-13-16-19-22-23-24-25-26-29-32-35-38-41-44-51(56)57-47(42-39-36-33-30-27-20-17-14-11-8-5-2)45-50(55)52-48(46-53)49(54)43-40-37-34-31-28-21-18-15-12-9-6-3/h8,11,14,17,20,24-27,29-30,33,47-49,53-54H,4-7,9-10,12-13,15-16,18-19,21-23,28,31-32,34-46H2,1-3H3,(H,52,55)/b11-8+,17-14+,25-24+,27-20-,29-26+,33-30-. The molecular weight excluding hydrogens is 707 g/mol. The summed E-state index contributed by atoms with van der Waals surface area (Å²) in [5.74, 6) is -0.579. The SMILES string of the molecule is CC/C=C/C=C/C=C\C=C/CCCC(CC(=O)NC(CO)C(O)CCCCCCCCCCCCC)OC(=O)CCCCC/C=C/C=C/CCCCCCCCC. The van der Waals surface area contributed by atoms with Gasteiger partial charge in [-0.05, 0) is 64.2 Å². The second-order valence-corrected chi connectivity index (χ2v) is 15.9. The molecule has 0 bridgehead atoms. The average molecular weight is 796 g/mol. The van der Waals surface area contributed by atoms with Crippen LogP contribution in [0.25, 0.3) is 0 Å². The number of aliphatic hydroxyl groups is 2. The third-order valence-electron chi connectivity index (χ3n) is 10.4. The van der Waals surface area contributed by atoms with Gasteiger partial charge in [-0.3, -0.25) is 9.59 Å². The van der Waals surface area contributed by atoms with Crippen molar-refractivity contribution in [1.29, 1.82) is 0 Å². The van der Waals surface area contributed by atoms with Crippen LogP contribution in [-0.2, 0) is 14.3 Å². The lowest BCUT2D eigenvalue weighted by Gasteiger charge is -2.24. The third kappa shape index (κ3) is 39.9. The van der Waals surface area contributed by atoms with E-state index in [1.165, 1.54) is 96.3 Å². The lowest BCUT2D eigenvalue weighted by molar-refractivity contribution is -0.151. The number of hydrogen-bond acceptors (Lipinski definition) is 5. The number of esters is 1. The Balaban J connectivity index is 4.69. The molecule has 0 aromatic rings. The van der Waals surface area contributed by atoms with Crippen LogP contribution in [-0.4, -0.2) is 46.9 Å². The number of carbonyl (C=O) groups is 2. The van der Waals surface area contributed by atoms with E-state index in [0.29, 0.717) is 19.3 Å². The van der Waals surface area contributed by atoms with E-state index in [-0.39, 0.29) is 24.9 Å². The largest absolute Gasteiger partial charge is 0.462 e. The van der Waals surface area contributed by atoms with Crippen molar-refractivity contribution in [3.8, 4) is 0 Å². The fourth-order valence-electron chi connectivity index (χ4n) is 6.79. The lowest BCUT2D eigenvalue weighted by Crippen LogP contribution is -2.46. The Morgan fingerprint density at radius 2 is 0.965 bits per heavy atom. The van der Waals surface area contributed by atoms with Gasteiger partial charge in [0.15, 0.2) is 0 Å². The molecular formula is C51H89NO5. The zero-order valence-electron chi connectivity index (χ0n) is 37.2. The Labute approximate surface area is 351 Å². The van der Waals surface area contributed by atoms with Crippen molar-refractivity contribution in [2.75, 3.05) is 6.61 Å². The highest BCUT2D eigenvalue weighted by atomic mass is 16.5. The molecule has 6 heteroatoms. The van der Waals surface area contributed by atoms with Crippen molar-refractivity contribution in [3.05, 3.63) is 72.9 Å². The molecule has 0 aliphatic carbocycles. The van der Waals surface area contributed by atoms with Gasteiger partial charge in [0.05, 0.1) is 25.2 Å². The zero-order valence-corrected chi connectivity index (χ0v) is 37.2. The Bertz CT molecular complexity index is 1070. The van der Waals surface area contributed by atoms with Gasteiger partial charge in [-0.15, -0.1) is 0 Å². The number of ether oxygens (including phenoxy) is 1. The molecule has 0 fully saturated rings. The fourth-order valence-corrected chi connectivity index (χ4v) is 6.79. The molecule has 0 aromatic carbocycles. The lowest BCUT2D eigenvalue weighted by atomic mass is 10.0. The Morgan fingerprint density at radius 1 is 0.526 bits per heavy atom. The molecule has 0 radical (unpaired) electrons. The molecule has 57 heavy (non-hydrogen) atoms. The number of hydrogen-bond donors (Lipinski definition) is 3. The highest BCUT2D eigenvalue weighted by molar-refractivity contribution is 5.77. The van der Waals surface area contributed by atoms with Gasteiger partial charge < -0.3 is 20.3 Å². The molecule has 0 aliphatic heterocycles. The van der Waals surface area contributed by atoms with Gasteiger partial charge in [-0.2, -0.15) is 0 Å². The van der Waals surface area contributed by atoms with Gasteiger partial charge in [0, 0.05) is 6.42 Å². The first kappa shape index (κ1) is 54.3. The molecule has 0 saturated heterocycles. The maximum absolute atomic E-state index is 13.1. The minimum Gasteiger partial charge on any atom is -0.462 e. The summed E-state index contributed by atoms with van der Waals surface area (Å²) in [7, 11) is 0. The van der Waals surface area contributed by atoms with Gasteiger partial charge in [-0.25, -0.2) is 0 Å². The van der Waals surface area contributed by atoms with Crippen molar-refractivity contribution >= 4 is 11.9 Å². The second-order valence-electron chi connectivity index (χ2n) is 15.9. The van der Waals surface area contributed by atoms with Crippen molar-refractivity contribution in [2.24, 2.45) is 0 Å². The van der Waals surface area contributed by atoms with Crippen LogP contribution >= 0.6 is 0 Å². The monoisotopic (exact) mass is 796 g/mol. The number of allylic oxidation sites excluding steroid dienone is 12. The fraction of sp³-hybridized carbons (Fsp3) is 0.725. The summed E-state index contributed by atoms with van der Waals surface area (Å²) in [6.07, 6.45) is 55.4. The van der Waals surface area contributed by atoms with Crippen LogP contribution < -0.4 is 5.32 Å². The number of carbonyl (C=O) groups excluding carboxylic acids is 2. The van der Waals surface area contributed by atoms with Gasteiger partial charge >= 0.3 is 5.97 Å². The molecule has 0 saturated carbocycles. The number of aliphatic hydroxyl groups excluding tert-OH is 2. The molecule has 0 heterocycles. The maximum Gasteiger partial charge on any atom is 0.306 e. The van der Waals surface area contributed by atoms with E-state index in [1.807, 2.05) is 36.5 Å². The summed E-state index contributed by atoms with van der Waals surface area (Å²) in [5, 5.41) is 23.6. The van der Waals surface area contributed by atoms with E-state index < -0.39 is 18.2 Å². The molecule has 3 N–H and O–H groups in total. The van der Waals surface area contributed by atoms with Gasteiger partial charge in [0.25, 0.3) is 0 Å². The molecule has 328 valence electrons. The third-order valence-corrected chi connectivity index (χ3v) is 10.4. The molecule has 3 unspecified atom stereocenters. The van der Waals surface area contributed by atoms with Crippen LogP contribution in [0.2, 0.25) is 0 Å². The highest BCUT2D eigenvalue weighted by Gasteiger charge is 2.24. The highest BCUT2D eigenvalue weighted by Crippen LogP contribution is 2.16. The van der Waals surface area contributed by atoms with Crippen molar-refractivity contribution < 1.29 is 24.5 Å². The first-order valence-corrected chi connectivity index (χ1v) is 23.7. The maximum atomic E-state index is 13.1. The summed E-state index contributed by atoms with van der Waals surface area (Å²) >= 11 is 0. The molecule has 0 rings (SSSR count). The van der Waals surface area contributed by atoms with Crippen LogP contribution in [0.4, 0.5) is 0 Å². The van der Waals surface area contributed by atoms with Crippen LogP contribution in [0.15, 0.2) is 72.9 Å². The Hall–Kier alpha value is -2.70. The number of amides is 1. The summed E-state index contributed by atoms with van der Waals surface area (Å²) in [6.45, 7) is 6.28. The van der Waals surface area contributed by atoms with Crippen molar-refractivity contribution in [1.82, 2.24) is 5.32 Å². The first-order chi connectivity index (χ1) is 28.0. The Morgan fingerprint density at radius 3 is 1.49 bits per heavy atom. The minimum atomic E-state index is -0.810. The number of nitrogens with one attached hydrogen (secondary N) is 1. The van der Waals surface area contributed by atoms with Gasteiger partial charge in [-0.1, -0.05) is 209 Å². The Kier molecular flexibility index (Phi) is 42.3. The predicted octanol–water partition coefficient (Wildman–Crippen LogP) is 13.8. The summed E-state index contributed by atoms with van der Waals surface area (Å²) in [5.41, 5.74) is 0. The van der Waals surface area contributed by atoms with Crippen LogP contribution in [0, 0.1) is 0 Å². The summed E-state index contributed by atoms with van der Waals surface area (Å²) in [4.78, 5) is 26.0. The van der Waals surface area contributed by atoms with Crippen LogP contribution in [0.3, 0.4) is 0 Å². The zero-order chi connectivity index (χ0) is 41.7. The normalized spacial score (nSPS) is 14.0. The van der Waals surface area contributed by atoms with E-state index in [2.05, 4.69) is 62.5 Å². The quantitative estimate of drug-likeness (QED) is 0.0325. The van der Waals surface area contributed by atoms with Crippen molar-refractivity contribution in [2.45, 2.75) is 232 Å². The molecule has 0 aliphatic rings. The molecule has 0 aromatic heterocycles. The van der Waals surface area contributed by atoms with Crippen LogP contribution in [0.1, 0.15) is 213 Å². The van der Waals surface area contributed by atoms with E-state index >= 15 is 0 Å². The van der Waals surface area contributed by atoms with Gasteiger partial charge in [0.1, 0.15) is 6.10 Å². The van der Waals surface area contributed by atoms with E-state index in [1.54, 1.807) is 0 Å². The number of unbranched alkanes of at least 4 members (excludes halogenated alkanes) is 21. The first-order valence-electron chi connectivity index (χ1n) is 23.7. The average Bonchev–Trinajstić information content (AvgIpc) is 3.20. The molecule has 3 atom stereocenters. The van der Waals surface area contributed by atoms with Gasteiger partial charge in [0.2, 0.25) is 5.91 Å². The predicted molar refractivity (Wildman–Crippen MR) is 245 cm³/mol. The summed E-state index contributed by atoms with van der Waals surface area (Å²) in [6, 6.07) is -0.729. The second kappa shape index (κ2) is 44.4. The number of rotatable bonds is 41. The van der Waals surface area contributed by atoms with E-state index in [9.17, 15) is 19.8 Å². The topological polar surface area (TPSA) is 95.9 Å². The van der Waals surface area contributed by atoms with E-state index in [0.717, 1.165) is 70.6 Å². The van der Waals surface area contributed by atoms with E-state index in [4.69, 9.17) is 4.74 Å². The molecule has 1 amide bonds. The van der Waals surface area contributed by atoms with Crippen LogP contribution in [0.5, 0.6) is 0 Å². The smallest absolute Gasteiger partial charge is 0.306 e. The molecule has 0 spiro atoms. The summed E-state index contributed by atoms with van der Waals surface area (Å²) < 4.78 is 5.86. The minimum absolute atomic E-state index is 0.0182. The van der Waals surface area contributed by atoms with Crippen molar-refractivity contribution in [3.63, 3.8) is 0 Å². The molecule has 6 nitrogen and oxygen atoms in total.